The number of rotatable bonds is 13. The Labute approximate surface area is 223 Å². The van der Waals surface area contributed by atoms with Gasteiger partial charge in [0.15, 0.2) is 0 Å². The Morgan fingerprint density at radius 2 is 0.944 bits per heavy atom. The van der Waals surface area contributed by atoms with Crippen LogP contribution >= 0.6 is 0 Å². The smallest absolute Gasteiger partial charge is 0.0162 e. The summed E-state index contributed by atoms with van der Waals surface area (Å²) in [6.07, 6.45) is 25.1. The summed E-state index contributed by atoms with van der Waals surface area (Å²) in [7, 11) is 0. The molecule has 2 aliphatic rings. The van der Waals surface area contributed by atoms with Gasteiger partial charge in [0.1, 0.15) is 0 Å². The Morgan fingerprint density at radius 1 is 0.472 bits per heavy atom. The maximum Gasteiger partial charge on any atom is -0.0162 e. The molecule has 0 aromatic heterocycles. The number of hydrogen-bond acceptors (Lipinski definition) is 0. The van der Waals surface area contributed by atoms with E-state index in [2.05, 4.69) is 62.4 Å². The van der Waals surface area contributed by atoms with E-state index in [1.165, 1.54) is 114 Å². The minimum atomic E-state index is 0.806. The largest absolute Gasteiger partial charge is 0.0654 e. The van der Waals surface area contributed by atoms with E-state index < -0.39 is 0 Å². The molecule has 0 heteroatoms. The molecule has 198 valence electrons. The highest BCUT2D eigenvalue weighted by Gasteiger charge is 2.22. The van der Waals surface area contributed by atoms with Gasteiger partial charge in [0, 0.05) is 0 Å². The van der Waals surface area contributed by atoms with Crippen LogP contribution in [0.2, 0.25) is 0 Å². The van der Waals surface area contributed by atoms with E-state index in [4.69, 9.17) is 0 Å². The van der Waals surface area contributed by atoms with Crippen molar-refractivity contribution in [3.8, 4) is 0 Å². The Kier molecular flexibility index (Phi) is 11.4. The van der Waals surface area contributed by atoms with Crippen molar-refractivity contribution in [3.05, 3.63) is 70.8 Å². The van der Waals surface area contributed by atoms with Crippen molar-refractivity contribution < 1.29 is 0 Å². The second kappa shape index (κ2) is 15.0. The van der Waals surface area contributed by atoms with Crippen LogP contribution in [-0.4, -0.2) is 0 Å². The van der Waals surface area contributed by atoms with Crippen molar-refractivity contribution in [1.29, 1.82) is 0 Å². The molecule has 0 saturated heterocycles. The summed E-state index contributed by atoms with van der Waals surface area (Å²) in [6.45, 7) is 4.66. The zero-order valence-corrected chi connectivity index (χ0v) is 23.7. The van der Waals surface area contributed by atoms with Crippen molar-refractivity contribution in [1.82, 2.24) is 0 Å². The first-order valence-corrected chi connectivity index (χ1v) is 15.9. The van der Waals surface area contributed by atoms with Crippen LogP contribution in [0.5, 0.6) is 0 Å². The highest BCUT2D eigenvalue weighted by Crippen LogP contribution is 2.38. The maximum absolute atomic E-state index is 2.44. The fraction of sp³-hybridized carbons (Fsp3) is 0.667. The number of unbranched alkanes of at least 4 members (excludes halogenated alkanes) is 2. The quantitative estimate of drug-likeness (QED) is 0.247. The highest BCUT2D eigenvalue weighted by molar-refractivity contribution is 5.28. The second-order valence-corrected chi connectivity index (χ2v) is 12.5. The first kappa shape index (κ1) is 27.5. The van der Waals surface area contributed by atoms with Gasteiger partial charge in [0.05, 0.1) is 0 Å². The summed E-state index contributed by atoms with van der Waals surface area (Å²) in [5.41, 5.74) is 6.12. The van der Waals surface area contributed by atoms with E-state index in [9.17, 15) is 0 Å². The topological polar surface area (TPSA) is 0 Å². The average molecular weight is 487 g/mol. The van der Waals surface area contributed by atoms with Crippen LogP contribution in [0.25, 0.3) is 0 Å². The Bertz CT molecular complexity index is 829. The van der Waals surface area contributed by atoms with Gasteiger partial charge < -0.3 is 0 Å². The fourth-order valence-corrected chi connectivity index (χ4v) is 7.17. The standard InChI is InChI=1S/C36H54/c1-3-5-6-8-30-21-25-35(26-22-30)36-27-23-34(24-28-36)20-19-33-17-15-32(16-18-33)14-13-31-11-9-29(7-4-2)10-12-31/h15-18,23-24,27-31,35H,3-14,19-22,25-26H2,1-2H3/t29-,30-,31-,35-. The molecular weight excluding hydrogens is 432 g/mol. The normalized spacial score (nSPS) is 24.6. The van der Waals surface area contributed by atoms with Gasteiger partial charge in [-0.2, -0.15) is 0 Å². The molecule has 0 nitrogen and oxygen atoms in total. The fourth-order valence-electron chi connectivity index (χ4n) is 7.17. The number of hydrogen-bond donors (Lipinski definition) is 0. The van der Waals surface area contributed by atoms with Crippen LogP contribution in [0.3, 0.4) is 0 Å². The van der Waals surface area contributed by atoms with Crippen LogP contribution in [0, 0.1) is 17.8 Å². The molecule has 2 aromatic rings. The Morgan fingerprint density at radius 3 is 1.50 bits per heavy atom. The first-order chi connectivity index (χ1) is 17.7. The third kappa shape index (κ3) is 8.78. The van der Waals surface area contributed by atoms with Crippen molar-refractivity contribution in [2.45, 2.75) is 135 Å². The molecule has 0 N–H and O–H groups in total. The molecule has 0 unspecified atom stereocenters. The van der Waals surface area contributed by atoms with Crippen molar-refractivity contribution in [3.63, 3.8) is 0 Å². The minimum absolute atomic E-state index is 0.806. The zero-order valence-electron chi connectivity index (χ0n) is 23.7. The second-order valence-electron chi connectivity index (χ2n) is 12.5. The van der Waals surface area contributed by atoms with Gasteiger partial charge in [0.2, 0.25) is 0 Å². The maximum atomic E-state index is 2.44. The van der Waals surface area contributed by atoms with Crippen LogP contribution in [0.1, 0.15) is 138 Å². The SMILES string of the molecule is CCCCC[C@H]1CC[C@H](c2ccc(CCc3ccc(CC[C@H]4CC[C@H](CCC)CC4)cc3)cc2)CC1. The van der Waals surface area contributed by atoms with Gasteiger partial charge in [-0.25, -0.2) is 0 Å². The van der Waals surface area contributed by atoms with Crippen molar-refractivity contribution in [2.24, 2.45) is 17.8 Å². The molecule has 4 rings (SSSR count). The molecule has 0 amide bonds. The number of aryl methyl sites for hydroxylation is 3. The molecule has 2 aromatic carbocycles. The lowest BCUT2D eigenvalue weighted by Gasteiger charge is -2.29. The van der Waals surface area contributed by atoms with Gasteiger partial charge >= 0.3 is 0 Å². The van der Waals surface area contributed by atoms with E-state index in [1.807, 2.05) is 0 Å². The lowest BCUT2D eigenvalue weighted by atomic mass is 9.77. The van der Waals surface area contributed by atoms with Crippen LogP contribution in [0.4, 0.5) is 0 Å². The van der Waals surface area contributed by atoms with Gasteiger partial charge in [-0.15, -0.1) is 0 Å². The molecule has 2 aliphatic carbocycles. The molecule has 0 bridgehead atoms. The third-order valence-electron chi connectivity index (χ3n) is 9.74. The summed E-state index contributed by atoms with van der Waals surface area (Å²) in [6, 6.07) is 19.3. The average Bonchev–Trinajstić information content (AvgIpc) is 2.93. The van der Waals surface area contributed by atoms with Crippen molar-refractivity contribution >= 4 is 0 Å². The van der Waals surface area contributed by atoms with Gasteiger partial charge in [-0.05, 0) is 97.3 Å². The molecule has 0 radical (unpaired) electrons. The van der Waals surface area contributed by atoms with Crippen LogP contribution < -0.4 is 0 Å². The lowest BCUT2D eigenvalue weighted by Crippen LogP contribution is -2.15. The summed E-state index contributed by atoms with van der Waals surface area (Å²) in [5, 5.41) is 0. The van der Waals surface area contributed by atoms with E-state index in [0.29, 0.717) is 0 Å². The van der Waals surface area contributed by atoms with Crippen molar-refractivity contribution in [2.75, 3.05) is 0 Å². The van der Waals surface area contributed by atoms with Gasteiger partial charge in [-0.1, -0.05) is 127 Å². The molecule has 2 fully saturated rings. The molecule has 36 heavy (non-hydrogen) atoms. The molecule has 2 saturated carbocycles. The summed E-state index contributed by atoms with van der Waals surface area (Å²) in [4.78, 5) is 0. The molecule has 0 spiro atoms. The monoisotopic (exact) mass is 486 g/mol. The van der Waals surface area contributed by atoms with Crippen LogP contribution in [0.15, 0.2) is 48.5 Å². The van der Waals surface area contributed by atoms with E-state index >= 15 is 0 Å². The Hall–Kier alpha value is -1.56. The highest BCUT2D eigenvalue weighted by atomic mass is 14.3. The minimum Gasteiger partial charge on any atom is -0.0654 e. The third-order valence-corrected chi connectivity index (χ3v) is 9.74. The predicted octanol–water partition coefficient (Wildman–Crippen LogP) is 10.9. The summed E-state index contributed by atoms with van der Waals surface area (Å²) in [5.74, 6) is 3.81. The molecule has 0 heterocycles. The predicted molar refractivity (Wildman–Crippen MR) is 158 cm³/mol. The Balaban J connectivity index is 1.14. The number of benzene rings is 2. The van der Waals surface area contributed by atoms with Gasteiger partial charge in [0.25, 0.3) is 0 Å². The molecule has 0 atom stereocenters. The van der Waals surface area contributed by atoms with Gasteiger partial charge in [-0.3, -0.25) is 0 Å². The van der Waals surface area contributed by atoms with E-state index in [1.54, 1.807) is 11.1 Å². The van der Waals surface area contributed by atoms with Crippen LogP contribution in [-0.2, 0) is 19.3 Å². The van der Waals surface area contributed by atoms with E-state index in [-0.39, 0.29) is 0 Å². The van der Waals surface area contributed by atoms with E-state index in [0.717, 1.165) is 36.5 Å². The lowest BCUT2D eigenvalue weighted by molar-refractivity contribution is 0.252. The molecule has 0 aliphatic heterocycles. The first-order valence-electron chi connectivity index (χ1n) is 15.9. The zero-order chi connectivity index (χ0) is 25.0. The summed E-state index contributed by atoms with van der Waals surface area (Å²) >= 11 is 0. The summed E-state index contributed by atoms with van der Waals surface area (Å²) < 4.78 is 0. The molecular formula is C36H54.